The van der Waals surface area contributed by atoms with E-state index in [4.69, 9.17) is 4.74 Å². The van der Waals surface area contributed by atoms with Crippen LogP contribution in [0.2, 0.25) is 0 Å². The highest BCUT2D eigenvalue weighted by atomic mass is 16.5. The summed E-state index contributed by atoms with van der Waals surface area (Å²) in [6.45, 7) is 6.48. The average Bonchev–Trinajstić information content (AvgIpc) is 2.39. The molecule has 2 rings (SSSR count). The quantitative estimate of drug-likeness (QED) is 0.778. The summed E-state index contributed by atoms with van der Waals surface area (Å²) in [6, 6.07) is 11.2. The van der Waals surface area contributed by atoms with E-state index in [1.54, 1.807) is 18.3 Å². The highest BCUT2D eigenvalue weighted by molar-refractivity contribution is 5.78. The van der Waals surface area contributed by atoms with Gasteiger partial charge in [0, 0.05) is 6.20 Å². The van der Waals surface area contributed by atoms with E-state index in [2.05, 4.69) is 25.8 Å². The number of hydrogen-bond donors (Lipinski definition) is 0. The lowest BCUT2D eigenvalue weighted by atomic mass is 9.87. The number of benzene rings is 1. The van der Waals surface area contributed by atoms with Gasteiger partial charge in [-0.25, -0.2) is 4.98 Å². The molecule has 0 amide bonds. The summed E-state index contributed by atoms with van der Waals surface area (Å²) in [5.41, 5.74) is 1.79. The maximum absolute atomic E-state index is 10.9. The third kappa shape index (κ3) is 3.19. The fourth-order valence-electron chi connectivity index (χ4n) is 1.71. The predicted molar refractivity (Wildman–Crippen MR) is 74.8 cm³/mol. The number of nitrogens with zero attached hydrogens (tertiary/aromatic N) is 1. The summed E-state index contributed by atoms with van der Waals surface area (Å²) in [5, 5.41) is 0. The fourth-order valence-corrected chi connectivity index (χ4v) is 1.71. The molecule has 0 unspecified atom stereocenters. The Labute approximate surface area is 113 Å². The van der Waals surface area contributed by atoms with Crippen LogP contribution in [0.1, 0.15) is 36.7 Å². The van der Waals surface area contributed by atoms with Crippen molar-refractivity contribution in [1.29, 1.82) is 0 Å². The van der Waals surface area contributed by atoms with Crippen molar-refractivity contribution in [1.82, 2.24) is 4.98 Å². The second-order valence-corrected chi connectivity index (χ2v) is 5.39. The summed E-state index contributed by atoms with van der Waals surface area (Å²) in [5.74, 6) is 1.01. The van der Waals surface area contributed by atoms with Gasteiger partial charge in [-0.2, -0.15) is 0 Å². The van der Waals surface area contributed by atoms with Gasteiger partial charge in [0.1, 0.15) is 5.75 Å². The van der Waals surface area contributed by atoms with Gasteiger partial charge in [0.05, 0.1) is 5.56 Å². The van der Waals surface area contributed by atoms with Crippen LogP contribution >= 0.6 is 0 Å². The smallest absolute Gasteiger partial charge is 0.229 e. The first-order valence-corrected chi connectivity index (χ1v) is 6.19. The van der Waals surface area contributed by atoms with Crippen LogP contribution in [0.3, 0.4) is 0 Å². The number of hydrogen-bond acceptors (Lipinski definition) is 3. The van der Waals surface area contributed by atoms with Crippen LogP contribution in [0.15, 0.2) is 42.6 Å². The van der Waals surface area contributed by atoms with E-state index in [0.29, 0.717) is 17.2 Å². The van der Waals surface area contributed by atoms with Crippen molar-refractivity contribution >= 4 is 6.29 Å². The molecule has 0 aliphatic heterocycles. The first-order valence-electron chi connectivity index (χ1n) is 6.19. The Kier molecular flexibility index (Phi) is 3.65. The first-order chi connectivity index (χ1) is 9.00. The molecule has 1 aromatic carbocycles. The maximum Gasteiger partial charge on any atom is 0.229 e. The molecule has 3 nitrogen and oxygen atoms in total. The van der Waals surface area contributed by atoms with Crippen molar-refractivity contribution < 1.29 is 9.53 Å². The largest absolute Gasteiger partial charge is 0.438 e. The molecule has 0 fully saturated rings. The lowest BCUT2D eigenvalue weighted by molar-refractivity contribution is 0.112. The molecule has 0 saturated carbocycles. The predicted octanol–water partition coefficient (Wildman–Crippen LogP) is 3.98. The third-order valence-corrected chi connectivity index (χ3v) is 2.86. The average molecular weight is 255 g/mol. The zero-order chi connectivity index (χ0) is 13.9. The molecule has 1 aromatic heterocycles. The minimum absolute atomic E-state index is 0.109. The Morgan fingerprint density at radius 1 is 1.11 bits per heavy atom. The van der Waals surface area contributed by atoms with Crippen LogP contribution in [-0.4, -0.2) is 11.3 Å². The number of carbonyl (C=O) groups excluding carboxylic acids is 1. The Balaban J connectivity index is 2.22. The van der Waals surface area contributed by atoms with Gasteiger partial charge in [0.2, 0.25) is 5.88 Å². The van der Waals surface area contributed by atoms with Gasteiger partial charge < -0.3 is 4.74 Å². The summed E-state index contributed by atoms with van der Waals surface area (Å²) in [4.78, 5) is 14.9. The van der Waals surface area contributed by atoms with E-state index in [1.165, 1.54) is 5.56 Å². The van der Waals surface area contributed by atoms with Crippen molar-refractivity contribution in [2.45, 2.75) is 26.2 Å². The standard InChI is InChI=1S/C16H17NO2/c1-16(2,3)13-6-8-14(9-7-13)19-15-12(11-18)5-4-10-17-15/h4-11H,1-3H3. The Bertz CT molecular complexity index is 568. The number of carbonyl (C=O) groups is 1. The van der Waals surface area contributed by atoms with Crippen molar-refractivity contribution in [2.75, 3.05) is 0 Å². The molecule has 0 spiro atoms. The molecular formula is C16H17NO2. The summed E-state index contributed by atoms with van der Waals surface area (Å²) < 4.78 is 5.63. The Morgan fingerprint density at radius 2 is 1.79 bits per heavy atom. The van der Waals surface area contributed by atoms with Gasteiger partial charge in [0.25, 0.3) is 0 Å². The van der Waals surface area contributed by atoms with Gasteiger partial charge in [0.15, 0.2) is 6.29 Å². The van der Waals surface area contributed by atoms with E-state index in [9.17, 15) is 4.79 Å². The van der Waals surface area contributed by atoms with Gasteiger partial charge in [-0.05, 0) is 35.2 Å². The monoisotopic (exact) mass is 255 g/mol. The van der Waals surface area contributed by atoms with Crippen LogP contribution in [0.5, 0.6) is 11.6 Å². The second kappa shape index (κ2) is 5.22. The van der Waals surface area contributed by atoms with E-state index < -0.39 is 0 Å². The van der Waals surface area contributed by atoms with Gasteiger partial charge in [-0.15, -0.1) is 0 Å². The third-order valence-electron chi connectivity index (χ3n) is 2.86. The molecule has 0 bridgehead atoms. The van der Waals surface area contributed by atoms with Crippen LogP contribution in [0.4, 0.5) is 0 Å². The molecule has 0 aliphatic rings. The van der Waals surface area contributed by atoms with Crippen molar-refractivity contribution in [3.05, 3.63) is 53.7 Å². The van der Waals surface area contributed by atoms with Crippen LogP contribution < -0.4 is 4.74 Å². The summed E-state index contributed by atoms with van der Waals surface area (Å²) in [6.07, 6.45) is 2.34. The number of rotatable bonds is 3. The molecule has 98 valence electrons. The molecule has 0 aliphatic carbocycles. The Hall–Kier alpha value is -2.16. The van der Waals surface area contributed by atoms with Crippen molar-refractivity contribution in [3.63, 3.8) is 0 Å². The summed E-state index contributed by atoms with van der Waals surface area (Å²) >= 11 is 0. The lowest BCUT2D eigenvalue weighted by Crippen LogP contribution is -2.10. The fraction of sp³-hybridized carbons (Fsp3) is 0.250. The van der Waals surface area contributed by atoms with Crippen LogP contribution in [0.25, 0.3) is 0 Å². The zero-order valence-electron chi connectivity index (χ0n) is 11.4. The number of pyridine rings is 1. The van der Waals surface area contributed by atoms with Crippen molar-refractivity contribution in [2.24, 2.45) is 0 Å². The van der Waals surface area contributed by atoms with Crippen LogP contribution in [-0.2, 0) is 5.41 Å². The maximum atomic E-state index is 10.9. The highest BCUT2D eigenvalue weighted by Crippen LogP contribution is 2.27. The van der Waals surface area contributed by atoms with Crippen molar-refractivity contribution in [3.8, 4) is 11.6 Å². The van der Waals surface area contributed by atoms with Crippen LogP contribution in [0, 0.1) is 0 Å². The van der Waals surface area contributed by atoms with Gasteiger partial charge in [-0.3, -0.25) is 4.79 Å². The molecular weight excluding hydrogens is 238 g/mol. The molecule has 0 radical (unpaired) electrons. The SMILES string of the molecule is CC(C)(C)c1ccc(Oc2ncccc2C=O)cc1. The number of aromatic nitrogens is 1. The molecule has 0 atom stereocenters. The molecule has 3 heteroatoms. The van der Waals surface area contributed by atoms with E-state index >= 15 is 0 Å². The van der Waals surface area contributed by atoms with E-state index in [1.807, 2.05) is 24.3 Å². The minimum Gasteiger partial charge on any atom is -0.438 e. The molecule has 2 aromatic rings. The van der Waals surface area contributed by atoms with Gasteiger partial charge in [-0.1, -0.05) is 32.9 Å². The highest BCUT2D eigenvalue weighted by Gasteiger charge is 2.13. The first kappa shape index (κ1) is 13.3. The minimum atomic E-state index is 0.109. The second-order valence-electron chi connectivity index (χ2n) is 5.39. The summed E-state index contributed by atoms with van der Waals surface area (Å²) in [7, 11) is 0. The van der Waals surface area contributed by atoms with Gasteiger partial charge >= 0.3 is 0 Å². The molecule has 1 heterocycles. The van der Waals surface area contributed by atoms with E-state index in [0.717, 1.165) is 6.29 Å². The molecule has 0 N–H and O–H groups in total. The Morgan fingerprint density at radius 3 is 2.37 bits per heavy atom. The van der Waals surface area contributed by atoms with E-state index in [-0.39, 0.29) is 5.41 Å². The molecule has 0 saturated heterocycles. The topological polar surface area (TPSA) is 39.2 Å². The molecule has 19 heavy (non-hydrogen) atoms. The normalized spacial score (nSPS) is 11.1. The number of ether oxygens (including phenoxy) is 1. The lowest BCUT2D eigenvalue weighted by Gasteiger charge is -2.19. The zero-order valence-corrected chi connectivity index (χ0v) is 11.4. The number of aldehydes is 1.